The molecule has 33 heavy (non-hydrogen) atoms. The van der Waals surface area contributed by atoms with Gasteiger partial charge in [0.15, 0.2) is 0 Å². The average Bonchev–Trinajstić information content (AvgIpc) is 2.88. The van der Waals surface area contributed by atoms with Crippen LogP contribution < -0.4 is 4.74 Å². The van der Waals surface area contributed by atoms with Crippen molar-refractivity contribution in [2.75, 3.05) is 0 Å². The summed E-state index contributed by atoms with van der Waals surface area (Å²) >= 11 is 0. The summed E-state index contributed by atoms with van der Waals surface area (Å²) in [5.41, 5.74) is 1.43. The molecule has 3 fully saturated rings. The Balaban J connectivity index is 1.18. The van der Waals surface area contributed by atoms with E-state index in [9.17, 15) is 4.79 Å². The normalized spacial score (nSPS) is 32.9. The van der Waals surface area contributed by atoms with Gasteiger partial charge in [0, 0.05) is 0 Å². The number of rotatable bonds is 8. The molecular weight excluding hydrogens is 404 g/mol. The monoisotopic (exact) mass is 452 g/mol. The number of ether oxygens (including phenoxy) is 1. The highest BCUT2D eigenvalue weighted by Gasteiger charge is 2.33. The van der Waals surface area contributed by atoms with Gasteiger partial charge < -0.3 is 4.74 Å². The summed E-state index contributed by atoms with van der Waals surface area (Å²) in [5.74, 6) is 5.22. The minimum absolute atomic E-state index is 0.00734. The van der Waals surface area contributed by atoms with E-state index in [1.54, 1.807) is 0 Å². The Morgan fingerprint density at radius 2 is 1.33 bits per heavy atom. The van der Waals surface area contributed by atoms with Crippen LogP contribution in [0.25, 0.3) is 0 Å². The van der Waals surface area contributed by atoms with Crippen molar-refractivity contribution in [2.24, 2.45) is 29.6 Å². The molecule has 0 bridgehead atoms. The van der Waals surface area contributed by atoms with E-state index >= 15 is 0 Å². The fourth-order valence-electron chi connectivity index (χ4n) is 7.18. The highest BCUT2D eigenvalue weighted by atomic mass is 16.5. The molecule has 0 radical (unpaired) electrons. The molecule has 4 rings (SSSR count). The fraction of sp³-hybridized carbons (Fsp3) is 0.774. The molecule has 2 heteroatoms. The van der Waals surface area contributed by atoms with Crippen LogP contribution in [0.1, 0.15) is 128 Å². The molecule has 0 spiro atoms. The zero-order valence-corrected chi connectivity index (χ0v) is 21.4. The van der Waals surface area contributed by atoms with Gasteiger partial charge in [0.2, 0.25) is 0 Å². The first kappa shape index (κ1) is 24.8. The van der Waals surface area contributed by atoms with Crippen LogP contribution in [0.3, 0.4) is 0 Å². The molecule has 0 aliphatic heterocycles. The SMILES string of the molecule is CCCCC1CCC(C2CCC(C(=O)Oc3ccc(C4CCC(CC)CC4)cc3)CC2)CC1. The third-order valence-corrected chi connectivity index (χ3v) is 9.62. The lowest BCUT2D eigenvalue weighted by Crippen LogP contribution is -2.30. The molecule has 3 aliphatic rings. The van der Waals surface area contributed by atoms with E-state index in [-0.39, 0.29) is 11.9 Å². The van der Waals surface area contributed by atoms with Crippen molar-refractivity contribution in [3.8, 4) is 5.75 Å². The molecule has 0 atom stereocenters. The molecule has 184 valence electrons. The minimum Gasteiger partial charge on any atom is -0.426 e. The third-order valence-electron chi connectivity index (χ3n) is 9.62. The Hall–Kier alpha value is -1.31. The number of carbonyl (C=O) groups is 1. The van der Waals surface area contributed by atoms with Gasteiger partial charge in [-0.1, -0.05) is 64.5 Å². The Morgan fingerprint density at radius 1 is 0.758 bits per heavy atom. The lowest BCUT2D eigenvalue weighted by Gasteiger charge is -2.37. The zero-order valence-electron chi connectivity index (χ0n) is 21.4. The topological polar surface area (TPSA) is 26.3 Å². The van der Waals surface area contributed by atoms with Crippen LogP contribution in [-0.4, -0.2) is 5.97 Å². The maximum Gasteiger partial charge on any atom is 0.314 e. The summed E-state index contributed by atoms with van der Waals surface area (Å²) < 4.78 is 5.82. The molecule has 0 saturated heterocycles. The van der Waals surface area contributed by atoms with Gasteiger partial charge in [-0.05, 0) is 111 Å². The van der Waals surface area contributed by atoms with Crippen molar-refractivity contribution in [2.45, 2.75) is 122 Å². The first-order chi connectivity index (χ1) is 16.2. The average molecular weight is 453 g/mol. The number of carbonyl (C=O) groups excluding carboxylic acids is 1. The summed E-state index contributed by atoms with van der Waals surface area (Å²) in [6.45, 7) is 4.63. The van der Waals surface area contributed by atoms with Crippen molar-refractivity contribution in [3.05, 3.63) is 29.8 Å². The van der Waals surface area contributed by atoms with Crippen LogP contribution in [0, 0.1) is 29.6 Å². The molecule has 1 aromatic rings. The van der Waals surface area contributed by atoms with E-state index in [0.29, 0.717) is 5.92 Å². The van der Waals surface area contributed by atoms with Crippen LogP contribution in [-0.2, 0) is 4.79 Å². The smallest absolute Gasteiger partial charge is 0.314 e. The van der Waals surface area contributed by atoms with Gasteiger partial charge in [0.05, 0.1) is 5.92 Å². The van der Waals surface area contributed by atoms with Crippen LogP contribution in [0.2, 0.25) is 0 Å². The van der Waals surface area contributed by atoms with Gasteiger partial charge in [-0.3, -0.25) is 4.79 Å². The summed E-state index contributed by atoms with van der Waals surface area (Å²) in [5, 5.41) is 0. The number of esters is 1. The second-order valence-electron chi connectivity index (χ2n) is 11.7. The van der Waals surface area contributed by atoms with E-state index in [0.717, 1.165) is 42.3 Å². The summed E-state index contributed by atoms with van der Waals surface area (Å²) in [7, 11) is 0. The third kappa shape index (κ3) is 6.86. The molecule has 0 heterocycles. The van der Waals surface area contributed by atoms with Crippen LogP contribution in [0.5, 0.6) is 5.75 Å². The quantitative estimate of drug-likeness (QED) is 0.290. The van der Waals surface area contributed by atoms with Gasteiger partial charge in [-0.25, -0.2) is 0 Å². The highest BCUT2D eigenvalue weighted by molar-refractivity contribution is 5.75. The van der Waals surface area contributed by atoms with Crippen molar-refractivity contribution in [1.82, 2.24) is 0 Å². The number of hydrogen-bond donors (Lipinski definition) is 0. The second kappa shape index (κ2) is 12.4. The van der Waals surface area contributed by atoms with Crippen molar-refractivity contribution < 1.29 is 9.53 Å². The summed E-state index contributed by atoms with van der Waals surface area (Å²) in [4.78, 5) is 12.8. The number of benzene rings is 1. The van der Waals surface area contributed by atoms with Crippen molar-refractivity contribution in [1.29, 1.82) is 0 Å². The van der Waals surface area contributed by atoms with Crippen LogP contribution >= 0.6 is 0 Å². The summed E-state index contributed by atoms with van der Waals surface area (Å²) in [6, 6.07) is 8.46. The highest BCUT2D eigenvalue weighted by Crippen LogP contribution is 2.43. The summed E-state index contributed by atoms with van der Waals surface area (Å²) in [6.07, 6.45) is 21.1. The van der Waals surface area contributed by atoms with Gasteiger partial charge in [0.1, 0.15) is 5.75 Å². The Kier molecular flexibility index (Phi) is 9.33. The maximum absolute atomic E-state index is 12.8. The number of hydrogen-bond acceptors (Lipinski definition) is 2. The predicted octanol–water partition coefficient (Wildman–Crippen LogP) is 9.08. The molecule has 0 unspecified atom stereocenters. The van der Waals surface area contributed by atoms with E-state index in [1.807, 2.05) is 12.1 Å². The first-order valence-corrected chi connectivity index (χ1v) is 14.5. The number of unbranched alkanes of at least 4 members (excludes halogenated alkanes) is 1. The predicted molar refractivity (Wildman–Crippen MR) is 137 cm³/mol. The van der Waals surface area contributed by atoms with Crippen molar-refractivity contribution in [3.63, 3.8) is 0 Å². The lowest BCUT2D eigenvalue weighted by molar-refractivity contribution is -0.140. The lowest BCUT2D eigenvalue weighted by atomic mass is 9.68. The van der Waals surface area contributed by atoms with E-state index in [4.69, 9.17) is 4.74 Å². The van der Waals surface area contributed by atoms with E-state index < -0.39 is 0 Å². The van der Waals surface area contributed by atoms with Crippen LogP contribution in [0.15, 0.2) is 24.3 Å². The fourth-order valence-corrected chi connectivity index (χ4v) is 7.18. The second-order valence-corrected chi connectivity index (χ2v) is 11.7. The van der Waals surface area contributed by atoms with Gasteiger partial charge in [-0.15, -0.1) is 0 Å². The van der Waals surface area contributed by atoms with Gasteiger partial charge in [-0.2, -0.15) is 0 Å². The van der Waals surface area contributed by atoms with Crippen LogP contribution in [0.4, 0.5) is 0 Å². The first-order valence-electron chi connectivity index (χ1n) is 14.5. The van der Waals surface area contributed by atoms with Crippen molar-refractivity contribution >= 4 is 5.97 Å². The Labute approximate surface area is 203 Å². The molecular formula is C31H48O2. The molecule has 3 saturated carbocycles. The van der Waals surface area contributed by atoms with E-state index in [1.165, 1.54) is 95.5 Å². The molecule has 0 amide bonds. The van der Waals surface area contributed by atoms with Gasteiger partial charge >= 0.3 is 5.97 Å². The Morgan fingerprint density at radius 3 is 1.91 bits per heavy atom. The molecule has 2 nitrogen and oxygen atoms in total. The maximum atomic E-state index is 12.8. The molecule has 3 aliphatic carbocycles. The standard InChI is InChI=1S/C31H48O2/c1-3-5-6-24-9-13-26(14-10-24)27-15-17-29(18-16-27)31(32)33-30-21-19-28(20-22-30)25-11-7-23(4-2)8-12-25/h19-27,29H,3-18H2,1-2H3. The largest absolute Gasteiger partial charge is 0.426 e. The zero-order chi connectivity index (χ0) is 23.0. The van der Waals surface area contributed by atoms with E-state index in [2.05, 4.69) is 26.0 Å². The van der Waals surface area contributed by atoms with Gasteiger partial charge in [0.25, 0.3) is 0 Å². The molecule has 1 aromatic carbocycles. The molecule has 0 N–H and O–H groups in total. The minimum atomic E-state index is 0.00734. The molecule has 0 aromatic heterocycles. The Bertz CT molecular complexity index is 699.